The number of aryl methyl sites for hydroxylation is 1. The fraction of sp³-hybridized carbons (Fsp3) is 0.160. The van der Waals surface area contributed by atoms with Gasteiger partial charge in [-0.2, -0.15) is 17.6 Å². The molecule has 0 aromatic heterocycles. The molecule has 5 nitrogen and oxygen atoms in total. The van der Waals surface area contributed by atoms with Crippen LogP contribution >= 0.6 is 0 Å². The molecule has 5 rings (SSSR count). The van der Waals surface area contributed by atoms with Gasteiger partial charge in [-0.15, -0.1) is 0 Å². The number of alkyl halides is 4. The van der Waals surface area contributed by atoms with E-state index >= 15 is 0 Å². The van der Waals surface area contributed by atoms with E-state index in [9.17, 15) is 26.7 Å². The third-order valence-electron chi connectivity index (χ3n) is 5.82. The van der Waals surface area contributed by atoms with Gasteiger partial charge in [0.1, 0.15) is 11.6 Å². The standard InChI is InChI=1S/C25H18F5N3O2/c1-14-2-4-16(5-3-14)22-19(15-6-8-17(26)9-7-15)13-33(32-22)23(34)31-18-10-11-21-20(12-18)24(27,28)25(29,30)35-21/h2-12,32H,13H2,1H3,(H,31,34). The van der Waals surface area contributed by atoms with E-state index in [0.717, 1.165) is 23.3 Å². The summed E-state index contributed by atoms with van der Waals surface area (Å²) in [6.45, 7) is 2.00. The summed E-state index contributed by atoms with van der Waals surface area (Å²) in [5, 5.41) is 3.66. The van der Waals surface area contributed by atoms with E-state index in [0.29, 0.717) is 16.8 Å². The molecule has 0 atom stereocenters. The van der Waals surface area contributed by atoms with E-state index in [-0.39, 0.29) is 12.2 Å². The molecule has 0 aliphatic carbocycles. The van der Waals surface area contributed by atoms with Crippen molar-refractivity contribution < 1.29 is 31.5 Å². The molecule has 2 heterocycles. The maximum Gasteiger partial charge on any atom is 0.469 e. The Morgan fingerprint density at radius 1 is 0.971 bits per heavy atom. The van der Waals surface area contributed by atoms with Crippen LogP contribution in [0.1, 0.15) is 22.3 Å². The summed E-state index contributed by atoms with van der Waals surface area (Å²) in [4.78, 5) is 13.0. The SMILES string of the molecule is Cc1ccc(C2=C(c3ccc(F)cc3)CN(C(=O)Nc3ccc4c(c3)C(F)(F)C(F)(F)O4)N2)cc1. The number of hydrazine groups is 1. The van der Waals surface area contributed by atoms with Crippen molar-refractivity contribution in [2.75, 3.05) is 11.9 Å². The van der Waals surface area contributed by atoms with Crippen LogP contribution in [-0.2, 0) is 5.92 Å². The second kappa shape index (κ2) is 8.00. The van der Waals surface area contributed by atoms with Crippen LogP contribution in [-0.4, -0.2) is 23.7 Å². The molecule has 3 aromatic rings. The van der Waals surface area contributed by atoms with Gasteiger partial charge < -0.3 is 10.1 Å². The smallest absolute Gasteiger partial charge is 0.427 e. The molecule has 2 N–H and O–H groups in total. The van der Waals surface area contributed by atoms with Crippen LogP contribution in [0.2, 0.25) is 0 Å². The van der Waals surface area contributed by atoms with Gasteiger partial charge in [-0.3, -0.25) is 5.43 Å². The number of fused-ring (bicyclic) bond motifs is 1. The Kier molecular flexibility index (Phi) is 5.19. The lowest BCUT2D eigenvalue weighted by molar-refractivity contribution is -0.296. The zero-order valence-electron chi connectivity index (χ0n) is 18.2. The van der Waals surface area contributed by atoms with Gasteiger partial charge in [0.05, 0.1) is 17.8 Å². The van der Waals surface area contributed by atoms with Gasteiger partial charge in [0.25, 0.3) is 0 Å². The largest absolute Gasteiger partial charge is 0.469 e. The van der Waals surface area contributed by atoms with Gasteiger partial charge in [-0.05, 0) is 48.4 Å². The van der Waals surface area contributed by atoms with Crippen molar-refractivity contribution in [1.29, 1.82) is 0 Å². The number of ether oxygens (including phenoxy) is 1. The molecule has 2 aliphatic rings. The van der Waals surface area contributed by atoms with Gasteiger partial charge in [-0.25, -0.2) is 14.2 Å². The molecule has 2 amide bonds. The van der Waals surface area contributed by atoms with Crippen LogP contribution < -0.4 is 15.5 Å². The summed E-state index contributed by atoms with van der Waals surface area (Å²) in [6, 6.07) is 15.5. The minimum Gasteiger partial charge on any atom is -0.427 e. The molecule has 0 fully saturated rings. The second-order valence-corrected chi connectivity index (χ2v) is 8.26. The molecule has 35 heavy (non-hydrogen) atoms. The number of hydrogen-bond donors (Lipinski definition) is 2. The van der Waals surface area contributed by atoms with Crippen LogP contribution in [0, 0.1) is 12.7 Å². The van der Waals surface area contributed by atoms with E-state index in [1.165, 1.54) is 23.2 Å². The minimum atomic E-state index is -4.68. The zero-order valence-corrected chi connectivity index (χ0v) is 18.2. The molecular weight excluding hydrogens is 469 g/mol. The van der Waals surface area contributed by atoms with Gasteiger partial charge in [0.15, 0.2) is 0 Å². The van der Waals surface area contributed by atoms with Crippen molar-refractivity contribution in [3.8, 4) is 5.75 Å². The second-order valence-electron chi connectivity index (χ2n) is 8.26. The first-order valence-corrected chi connectivity index (χ1v) is 10.6. The molecular formula is C25H18F5N3O2. The number of halogens is 5. The zero-order chi connectivity index (χ0) is 25.0. The Morgan fingerprint density at radius 2 is 1.63 bits per heavy atom. The molecule has 0 saturated carbocycles. The first-order chi connectivity index (χ1) is 16.5. The highest BCUT2D eigenvalue weighted by Gasteiger charge is 2.66. The summed E-state index contributed by atoms with van der Waals surface area (Å²) in [5.41, 5.74) is 5.70. The topological polar surface area (TPSA) is 53.6 Å². The lowest BCUT2D eigenvalue weighted by Crippen LogP contribution is -2.40. The average molecular weight is 487 g/mol. The van der Waals surface area contributed by atoms with Crippen molar-refractivity contribution in [2.45, 2.75) is 19.0 Å². The number of carbonyl (C=O) groups is 1. The molecule has 0 saturated heterocycles. The molecule has 3 aromatic carbocycles. The van der Waals surface area contributed by atoms with E-state index in [2.05, 4.69) is 15.5 Å². The third-order valence-corrected chi connectivity index (χ3v) is 5.82. The third kappa shape index (κ3) is 3.94. The molecule has 0 bridgehead atoms. The number of rotatable bonds is 3. The minimum absolute atomic E-state index is 0.0724. The lowest BCUT2D eigenvalue weighted by Gasteiger charge is -2.19. The van der Waals surface area contributed by atoms with Crippen molar-refractivity contribution in [1.82, 2.24) is 10.4 Å². The van der Waals surface area contributed by atoms with Crippen molar-refractivity contribution in [3.63, 3.8) is 0 Å². The Balaban J connectivity index is 1.41. The number of carbonyl (C=O) groups excluding carboxylic acids is 1. The van der Waals surface area contributed by atoms with Gasteiger partial charge in [0.2, 0.25) is 0 Å². The summed E-state index contributed by atoms with van der Waals surface area (Å²) in [7, 11) is 0. The molecule has 0 unspecified atom stereocenters. The fourth-order valence-corrected chi connectivity index (χ4v) is 3.94. The summed E-state index contributed by atoms with van der Waals surface area (Å²) < 4.78 is 72.6. The Labute approximate surface area is 196 Å². The van der Waals surface area contributed by atoms with Crippen molar-refractivity contribution >= 4 is 23.0 Å². The highest BCUT2D eigenvalue weighted by atomic mass is 19.3. The number of nitrogens with one attached hydrogen (secondary N) is 2. The van der Waals surface area contributed by atoms with E-state index in [1.54, 1.807) is 12.1 Å². The molecule has 0 spiro atoms. The first kappa shape index (κ1) is 22.7. The van der Waals surface area contributed by atoms with E-state index in [1.807, 2.05) is 31.2 Å². The van der Waals surface area contributed by atoms with Gasteiger partial charge in [-0.1, -0.05) is 42.0 Å². The summed E-state index contributed by atoms with van der Waals surface area (Å²) in [6.07, 6.45) is -4.68. The highest BCUT2D eigenvalue weighted by molar-refractivity contribution is 5.98. The Hall–Kier alpha value is -4.08. The summed E-state index contributed by atoms with van der Waals surface area (Å²) in [5.74, 6) is -5.60. The number of hydrogen-bond acceptors (Lipinski definition) is 3. The summed E-state index contributed by atoms with van der Waals surface area (Å²) >= 11 is 0. The van der Waals surface area contributed by atoms with E-state index < -0.39 is 35.2 Å². The van der Waals surface area contributed by atoms with Crippen LogP contribution in [0.5, 0.6) is 5.75 Å². The van der Waals surface area contributed by atoms with Crippen LogP contribution in [0.25, 0.3) is 11.3 Å². The monoisotopic (exact) mass is 487 g/mol. The number of nitrogens with zero attached hydrogens (tertiary/aromatic N) is 1. The number of urea groups is 1. The van der Waals surface area contributed by atoms with Crippen molar-refractivity contribution in [2.24, 2.45) is 0 Å². The van der Waals surface area contributed by atoms with Crippen LogP contribution in [0.3, 0.4) is 0 Å². The first-order valence-electron chi connectivity index (χ1n) is 10.6. The number of benzene rings is 3. The molecule has 0 radical (unpaired) electrons. The molecule has 180 valence electrons. The predicted molar refractivity (Wildman–Crippen MR) is 119 cm³/mol. The van der Waals surface area contributed by atoms with Gasteiger partial charge in [0, 0.05) is 11.3 Å². The number of anilines is 1. The quantitative estimate of drug-likeness (QED) is 0.437. The maximum absolute atomic E-state index is 14.0. The van der Waals surface area contributed by atoms with E-state index in [4.69, 9.17) is 0 Å². The Morgan fingerprint density at radius 3 is 2.31 bits per heavy atom. The van der Waals surface area contributed by atoms with Crippen molar-refractivity contribution in [3.05, 3.63) is 94.8 Å². The Bertz CT molecular complexity index is 1280. The molecule has 2 aliphatic heterocycles. The lowest BCUT2D eigenvalue weighted by atomic mass is 10.00. The predicted octanol–water partition coefficient (Wildman–Crippen LogP) is 6.13. The highest BCUT2D eigenvalue weighted by Crippen LogP contribution is 2.53. The fourth-order valence-electron chi connectivity index (χ4n) is 3.94. The maximum atomic E-state index is 14.0. The average Bonchev–Trinajstić information content (AvgIpc) is 3.33. The molecule has 10 heteroatoms. The van der Waals surface area contributed by atoms with Gasteiger partial charge >= 0.3 is 18.1 Å². The normalized spacial score (nSPS) is 17.6. The number of amides is 2. The van der Waals surface area contributed by atoms with Crippen LogP contribution in [0.15, 0.2) is 66.7 Å². The van der Waals surface area contributed by atoms with Crippen LogP contribution in [0.4, 0.5) is 32.4 Å².